The van der Waals surface area contributed by atoms with Gasteiger partial charge in [0, 0.05) is 13.3 Å². The highest BCUT2D eigenvalue weighted by molar-refractivity contribution is 5.86. The van der Waals surface area contributed by atoms with Crippen LogP contribution >= 0.6 is 0 Å². The first-order valence-electron chi connectivity index (χ1n) is 4.97. The first kappa shape index (κ1) is 10.4. The Hall–Kier alpha value is -2.17. The molecule has 0 fully saturated rings. The SMILES string of the molecule is CC(=O)Nc1n[nH]c(Cc2ccccc2)n1. The molecule has 2 aromatic rings. The zero-order valence-corrected chi connectivity index (χ0v) is 8.90. The van der Waals surface area contributed by atoms with Gasteiger partial charge in [-0.25, -0.2) is 0 Å². The Labute approximate surface area is 92.9 Å². The standard InChI is InChI=1S/C11H12N4O/c1-8(16)12-11-13-10(14-15-11)7-9-5-3-2-4-6-9/h2-6H,7H2,1H3,(H2,12,13,14,15,16). The van der Waals surface area contributed by atoms with Crippen LogP contribution in [-0.2, 0) is 11.2 Å². The van der Waals surface area contributed by atoms with Crippen LogP contribution in [0.5, 0.6) is 0 Å². The molecule has 2 N–H and O–H groups in total. The molecule has 0 saturated heterocycles. The maximum atomic E-state index is 10.8. The van der Waals surface area contributed by atoms with E-state index in [1.807, 2.05) is 30.3 Å². The number of hydrogen-bond donors (Lipinski definition) is 2. The third-order valence-corrected chi connectivity index (χ3v) is 2.03. The van der Waals surface area contributed by atoms with Gasteiger partial charge in [0.25, 0.3) is 0 Å². The van der Waals surface area contributed by atoms with Gasteiger partial charge in [0.05, 0.1) is 0 Å². The molecule has 0 saturated carbocycles. The lowest BCUT2D eigenvalue weighted by molar-refractivity contribution is -0.114. The second-order valence-corrected chi connectivity index (χ2v) is 3.45. The van der Waals surface area contributed by atoms with E-state index >= 15 is 0 Å². The fourth-order valence-electron chi connectivity index (χ4n) is 1.38. The second kappa shape index (κ2) is 4.57. The van der Waals surface area contributed by atoms with E-state index in [-0.39, 0.29) is 5.91 Å². The summed E-state index contributed by atoms with van der Waals surface area (Å²) in [7, 11) is 0. The van der Waals surface area contributed by atoms with Gasteiger partial charge in [-0.1, -0.05) is 30.3 Å². The summed E-state index contributed by atoms with van der Waals surface area (Å²) < 4.78 is 0. The molecule has 2 rings (SSSR count). The maximum absolute atomic E-state index is 10.8. The molecule has 1 amide bonds. The van der Waals surface area contributed by atoms with Gasteiger partial charge in [0.2, 0.25) is 11.9 Å². The topological polar surface area (TPSA) is 70.7 Å². The minimum absolute atomic E-state index is 0.176. The highest BCUT2D eigenvalue weighted by Gasteiger charge is 2.04. The number of amides is 1. The lowest BCUT2D eigenvalue weighted by Crippen LogP contribution is -2.07. The number of H-pyrrole nitrogens is 1. The van der Waals surface area contributed by atoms with Crippen molar-refractivity contribution in [1.29, 1.82) is 0 Å². The van der Waals surface area contributed by atoms with Crippen molar-refractivity contribution < 1.29 is 4.79 Å². The van der Waals surface area contributed by atoms with Crippen LogP contribution in [0.3, 0.4) is 0 Å². The zero-order valence-electron chi connectivity index (χ0n) is 8.90. The summed E-state index contributed by atoms with van der Waals surface area (Å²) in [5.74, 6) is 0.874. The number of nitrogens with one attached hydrogen (secondary N) is 2. The van der Waals surface area contributed by atoms with Crippen molar-refractivity contribution in [3.8, 4) is 0 Å². The van der Waals surface area contributed by atoms with E-state index in [0.717, 1.165) is 11.4 Å². The van der Waals surface area contributed by atoms with Crippen LogP contribution < -0.4 is 5.32 Å². The molecule has 0 bridgehead atoms. The number of aromatic amines is 1. The quantitative estimate of drug-likeness (QED) is 0.813. The van der Waals surface area contributed by atoms with Crippen molar-refractivity contribution >= 4 is 11.9 Å². The molecule has 0 spiro atoms. The summed E-state index contributed by atoms with van der Waals surface area (Å²) in [6, 6.07) is 9.94. The Morgan fingerprint density at radius 2 is 2.12 bits per heavy atom. The molecule has 1 heterocycles. The van der Waals surface area contributed by atoms with Crippen molar-refractivity contribution in [2.45, 2.75) is 13.3 Å². The summed E-state index contributed by atoms with van der Waals surface area (Å²) in [6.07, 6.45) is 0.674. The number of carbonyl (C=O) groups is 1. The predicted octanol–water partition coefficient (Wildman–Crippen LogP) is 1.35. The number of nitrogens with zero attached hydrogens (tertiary/aromatic N) is 2. The Morgan fingerprint density at radius 3 is 2.81 bits per heavy atom. The smallest absolute Gasteiger partial charge is 0.248 e. The molecule has 5 heteroatoms. The molecule has 0 aliphatic carbocycles. The van der Waals surface area contributed by atoms with Crippen molar-refractivity contribution in [1.82, 2.24) is 15.2 Å². The van der Waals surface area contributed by atoms with Crippen molar-refractivity contribution in [2.75, 3.05) is 5.32 Å². The number of aromatic nitrogens is 3. The van der Waals surface area contributed by atoms with Gasteiger partial charge < -0.3 is 0 Å². The number of anilines is 1. The largest absolute Gasteiger partial charge is 0.293 e. The Bertz CT molecular complexity index is 478. The van der Waals surface area contributed by atoms with E-state index in [2.05, 4.69) is 20.5 Å². The normalized spacial score (nSPS) is 10.1. The van der Waals surface area contributed by atoms with Crippen molar-refractivity contribution in [3.05, 3.63) is 41.7 Å². The van der Waals surface area contributed by atoms with E-state index in [1.165, 1.54) is 6.92 Å². The van der Waals surface area contributed by atoms with Crippen molar-refractivity contribution in [2.24, 2.45) is 0 Å². The molecule has 1 aromatic heterocycles. The van der Waals surface area contributed by atoms with Gasteiger partial charge in [0.15, 0.2) is 0 Å². The van der Waals surface area contributed by atoms with Gasteiger partial charge in [-0.2, -0.15) is 4.98 Å². The number of rotatable bonds is 3. The first-order chi connectivity index (χ1) is 7.74. The maximum Gasteiger partial charge on any atom is 0.248 e. The lowest BCUT2D eigenvalue weighted by Gasteiger charge is -1.95. The predicted molar refractivity (Wildman–Crippen MR) is 59.9 cm³/mol. The molecule has 0 aliphatic rings. The average Bonchev–Trinajstić information content (AvgIpc) is 2.66. The lowest BCUT2D eigenvalue weighted by atomic mass is 10.1. The van der Waals surface area contributed by atoms with Crippen LogP contribution in [0.15, 0.2) is 30.3 Å². The molecule has 82 valence electrons. The van der Waals surface area contributed by atoms with Crippen LogP contribution in [0.25, 0.3) is 0 Å². The zero-order chi connectivity index (χ0) is 11.4. The van der Waals surface area contributed by atoms with Gasteiger partial charge in [0.1, 0.15) is 5.82 Å². The highest BCUT2D eigenvalue weighted by Crippen LogP contribution is 2.06. The molecule has 0 atom stereocenters. The highest BCUT2D eigenvalue weighted by atomic mass is 16.1. The van der Waals surface area contributed by atoms with Gasteiger partial charge in [-0.05, 0) is 5.56 Å². The summed E-state index contributed by atoms with van der Waals surface area (Å²) >= 11 is 0. The van der Waals surface area contributed by atoms with Gasteiger partial charge >= 0.3 is 0 Å². The van der Waals surface area contributed by atoms with E-state index in [9.17, 15) is 4.79 Å². The summed E-state index contributed by atoms with van der Waals surface area (Å²) in [4.78, 5) is 14.9. The third kappa shape index (κ3) is 2.66. The van der Waals surface area contributed by atoms with Gasteiger partial charge in [-0.3, -0.25) is 15.2 Å². The monoisotopic (exact) mass is 216 g/mol. The molecular weight excluding hydrogens is 204 g/mol. The van der Waals surface area contributed by atoms with E-state index < -0.39 is 0 Å². The summed E-state index contributed by atoms with van der Waals surface area (Å²) in [5.41, 5.74) is 1.15. The second-order valence-electron chi connectivity index (χ2n) is 3.45. The summed E-state index contributed by atoms with van der Waals surface area (Å²) in [6.45, 7) is 1.42. The molecule has 0 unspecified atom stereocenters. The van der Waals surface area contributed by atoms with Crippen LogP contribution in [0.4, 0.5) is 5.95 Å². The molecule has 0 radical (unpaired) electrons. The average molecular weight is 216 g/mol. The fourth-order valence-corrected chi connectivity index (χ4v) is 1.38. The van der Waals surface area contributed by atoms with E-state index in [4.69, 9.17) is 0 Å². The number of carbonyl (C=O) groups excluding carboxylic acids is 1. The van der Waals surface area contributed by atoms with Crippen LogP contribution in [0.1, 0.15) is 18.3 Å². The third-order valence-electron chi connectivity index (χ3n) is 2.03. The molecule has 1 aromatic carbocycles. The van der Waals surface area contributed by atoms with Crippen LogP contribution in [0, 0.1) is 0 Å². The van der Waals surface area contributed by atoms with Crippen LogP contribution in [0.2, 0.25) is 0 Å². The molecule has 0 aliphatic heterocycles. The molecular formula is C11H12N4O. The minimum Gasteiger partial charge on any atom is -0.293 e. The van der Waals surface area contributed by atoms with E-state index in [1.54, 1.807) is 0 Å². The minimum atomic E-state index is -0.176. The molecule has 16 heavy (non-hydrogen) atoms. The Kier molecular flexibility index (Phi) is 2.95. The van der Waals surface area contributed by atoms with Crippen molar-refractivity contribution in [3.63, 3.8) is 0 Å². The van der Waals surface area contributed by atoms with Gasteiger partial charge in [-0.15, -0.1) is 5.10 Å². The Morgan fingerprint density at radius 1 is 1.38 bits per heavy atom. The van der Waals surface area contributed by atoms with Crippen LogP contribution in [-0.4, -0.2) is 21.1 Å². The van der Waals surface area contributed by atoms with E-state index in [0.29, 0.717) is 12.4 Å². The Balaban J connectivity index is 2.06. The summed E-state index contributed by atoms with van der Waals surface area (Å²) in [5, 5.41) is 9.19. The first-order valence-corrected chi connectivity index (χ1v) is 4.97. The fraction of sp³-hybridized carbons (Fsp3) is 0.182. The number of hydrogen-bond acceptors (Lipinski definition) is 3. The molecule has 5 nitrogen and oxygen atoms in total. The number of benzene rings is 1.